The summed E-state index contributed by atoms with van der Waals surface area (Å²) in [5.74, 6) is 0. The van der Waals surface area contributed by atoms with Crippen LogP contribution in [0.5, 0.6) is 0 Å². The molecule has 2 aromatic heterocycles. The number of nitrogens with one attached hydrogen (secondary N) is 1. The Hall–Kier alpha value is -2.00. The van der Waals surface area contributed by atoms with E-state index >= 15 is 0 Å². The molecule has 1 aromatic carbocycles. The molecule has 3 nitrogen and oxygen atoms in total. The van der Waals surface area contributed by atoms with Gasteiger partial charge in [-0.3, -0.25) is 0 Å². The van der Waals surface area contributed by atoms with Crippen LogP contribution < -0.4 is 5.73 Å². The molecule has 0 atom stereocenters. The van der Waals surface area contributed by atoms with Crippen LogP contribution in [0.25, 0.3) is 22.2 Å². The number of H-pyrrole nitrogens is 1. The highest BCUT2D eigenvalue weighted by atomic mass is 15.0. The number of aryl methyl sites for hydroxylation is 2. The molecule has 3 aromatic rings. The summed E-state index contributed by atoms with van der Waals surface area (Å²) in [6.07, 6.45) is 0. The second-order valence-electron chi connectivity index (χ2n) is 5.15. The van der Waals surface area contributed by atoms with Crippen LogP contribution in [0.3, 0.4) is 0 Å². The third-order valence-electron chi connectivity index (χ3n) is 3.83. The summed E-state index contributed by atoms with van der Waals surface area (Å²) >= 11 is 0. The highest BCUT2D eigenvalue weighted by Gasteiger charge is 2.14. The molecule has 3 rings (SSSR count). The summed E-state index contributed by atoms with van der Waals surface area (Å²) in [6, 6.07) is 10.8. The first-order valence-corrected chi connectivity index (χ1v) is 6.55. The molecule has 0 unspecified atom stereocenters. The molecule has 98 valence electrons. The molecule has 3 N–H and O–H groups in total. The first-order valence-electron chi connectivity index (χ1n) is 6.55. The minimum absolute atomic E-state index is 0.566. The molecule has 19 heavy (non-hydrogen) atoms. The number of aromatic amines is 1. The molecule has 0 saturated carbocycles. The number of benzene rings is 1. The van der Waals surface area contributed by atoms with Crippen LogP contribution in [0.2, 0.25) is 0 Å². The third-order valence-corrected chi connectivity index (χ3v) is 3.83. The Balaban J connectivity index is 2.29. The maximum Gasteiger partial charge on any atom is 0.0504 e. The van der Waals surface area contributed by atoms with Crippen LogP contribution in [0.15, 0.2) is 30.3 Å². The van der Waals surface area contributed by atoms with Crippen molar-refractivity contribution in [1.29, 1.82) is 0 Å². The van der Waals surface area contributed by atoms with E-state index in [4.69, 9.17) is 5.73 Å². The molecule has 0 aliphatic heterocycles. The highest BCUT2D eigenvalue weighted by Crippen LogP contribution is 2.33. The van der Waals surface area contributed by atoms with Crippen LogP contribution in [0.4, 0.5) is 0 Å². The average molecular weight is 253 g/mol. The Morgan fingerprint density at radius 2 is 1.95 bits per heavy atom. The first-order chi connectivity index (χ1) is 9.11. The van der Waals surface area contributed by atoms with Gasteiger partial charge < -0.3 is 15.3 Å². The Morgan fingerprint density at radius 1 is 1.16 bits per heavy atom. The van der Waals surface area contributed by atoms with Crippen molar-refractivity contribution in [2.45, 2.75) is 20.4 Å². The number of hydrogen-bond donors (Lipinski definition) is 2. The summed E-state index contributed by atoms with van der Waals surface area (Å²) < 4.78 is 2.18. The normalized spacial score (nSPS) is 11.4. The van der Waals surface area contributed by atoms with E-state index in [-0.39, 0.29) is 0 Å². The summed E-state index contributed by atoms with van der Waals surface area (Å²) in [5, 5.41) is 1.27. The minimum atomic E-state index is 0.566. The molecule has 0 aliphatic carbocycles. The quantitative estimate of drug-likeness (QED) is 0.723. The summed E-state index contributed by atoms with van der Waals surface area (Å²) in [4.78, 5) is 3.48. The van der Waals surface area contributed by atoms with Crippen molar-refractivity contribution >= 4 is 10.9 Å². The van der Waals surface area contributed by atoms with Crippen molar-refractivity contribution in [3.05, 3.63) is 47.3 Å². The molecular weight excluding hydrogens is 234 g/mol. The maximum absolute atomic E-state index is 5.76. The van der Waals surface area contributed by atoms with Crippen molar-refractivity contribution in [3.8, 4) is 11.3 Å². The molecule has 0 aliphatic rings. The second-order valence-corrected chi connectivity index (χ2v) is 5.15. The summed E-state index contributed by atoms with van der Waals surface area (Å²) in [5.41, 5.74) is 13.1. The van der Waals surface area contributed by atoms with Gasteiger partial charge in [0.15, 0.2) is 0 Å². The van der Waals surface area contributed by atoms with E-state index in [0.29, 0.717) is 6.54 Å². The standard InChI is InChI=1S/C16H19N3/c1-10-4-6-13-14(8-10)18-11(2)16(13)15-7-5-12(9-17)19(15)3/h4-8,18H,9,17H2,1-3H3. The number of fused-ring (bicyclic) bond motifs is 1. The number of aromatic nitrogens is 2. The average Bonchev–Trinajstić information content (AvgIpc) is 2.88. The number of rotatable bonds is 2. The first kappa shape index (κ1) is 12.1. The maximum atomic E-state index is 5.76. The lowest BCUT2D eigenvalue weighted by molar-refractivity contribution is 0.831. The van der Waals surface area contributed by atoms with Crippen molar-refractivity contribution in [2.75, 3.05) is 0 Å². The topological polar surface area (TPSA) is 46.7 Å². The number of hydrogen-bond acceptors (Lipinski definition) is 1. The van der Waals surface area contributed by atoms with E-state index in [9.17, 15) is 0 Å². The van der Waals surface area contributed by atoms with E-state index in [1.807, 2.05) is 0 Å². The van der Waals surface area contributed by atoms with Crippen LogP contribution >= 0.6 is 0 Å². The molecule has 2 heterocycles. The van der Waals surface area contributed by atoms with Gasteiger partial charge in [0.1, 0.15) is 0 Å². The van der Waals surface area contributed by atoms with Crippen LogP contribution in [0, 0.1) is 13.8 Å². The van der Waals surface area contributed by atoms with Gasteiger partial charge in [-0.2, -0.15) is 0 Å². The van der Waals surface area contributed by atoms with Crippen molar-refractivity contribution in [1.82, 2.24) is 9.55 Å². The van der Waals surface area contributed by atoms with E-state index < -0.39 is 0 Å². The van der Waals surface area contributed by atoms with Gasteiger partial charge in [-0.25, -0.2) is 0 Å². The van der Waals surface area contributed by atoms with Crippen molar-refractivity contribution < 1.29 is 0 Å². The molecule has 0 radical (unpaired) electrons. The zero-order chi connectivity index (χ0) is 13.6. The zero-order valence-corrected chi connectivity index (χ0v) is 11.6. The molecule has 3 heteroatoms. The predicted octanol–water partition coefficient (Wildman–Crippen LogP) is 3.25. The Morgan fingerprint density at radius 3 is 2.63 bits per heavy atom. The van der Waals surface area contributed by atoms with Gasteiger partial charge in [0.25, 0.3) is 0 Å². The van der Waals surface area contributed by atoms with Gasteiger partial charge in [0.05, 0.1) is 5.69 Å². The largest absolute Gasteiger partial charge is 0.358 e. The van der Waals surface area contributed by atoms with Gasteiger partial charge in [-0.1, -0.05) is 12.1 Å². The fraction of sp³-hybridized carbons (Fsp3) is 0.250. The third kappa shape index (κ3) is 1.78. The molecule has 0 spiro atoms. The second kappa shape index (κ2) is 4.28. The SMILES string of the molecule is Cc1ccc2c(-c3ccc(CN)n3C)c(C)[nH]c2c1. The van der Waals surface area contributed by atoms with Crippen molar-refractivity contribution in [2.24, 2.45) is 12.8 Å². The van der Waals surface area contributed by atoms with Gasteiger partial charge in [-0.05, 0) is 37.6 Å². The molecule has 0 amide bonds. The monoisotopic (exact) mass is 253 g/mol. The minimum Gasteiger partial charge on any atom is -0.358 e. The molecular formula is C16H19N3. The lowest BCUT2D eigenvalue weighted by Crippen LogP contribution is -2.04. The van der Waals surface area contributed by atoms with Gasteiger partial charge in [-0.15, -0.1) is 0 Å². The fourth-order valence-corrected chi connectivity index (χ4v) is 2.79. The van der Waals surface area contributed by atoms with Crippen LogP contribution in [0.1, 0.15) is 17.0 Å². The van der Waals surface area contributed by atoms with Crippen LogP contribution in [-0.4, -0.2) is 9.55 Å². The van der Waals surface area contributed by atoms with Crippen molar-refractivity contribution in [3.63, 3.8) is 0 Å². The van der Waals surface area contributed by atoms with Crippen LogP contribution in [-0.2, 0) is 13.6 Å². The molecule has 0 bridgehead atoms. The lowest BCUT2D eigenvalue weighted by Gasteiger charge is -2.07. The Kier molecular flexibility index (Phi) is 2.72. The fourth-order valence-electron chi connectivity index (χ4n) is 2.79. The van der Waals surface area contributed by atoms with Gasteiger partial charge in [0, 0.05) is 41.4 Å². The lowest BCUT2D eigenvalue weighted by atomic mass is 10.1. The molecule has 0 saturated heterocycles. The number of nitrogens with zero attached hydrogens (tertiary/aromatic N) is 1. The Labute approximate surface area is 113 Å². The van der Waals surface area contributed by atoms with Gasteiger partial charge in [0.2, 0.25) is 0 Å². The van der Waals surface area contributed by atoms with E-state index in [1.54, 1.807) is 0 Å². The predicted molar refractivity (Wildman–Crippen MR) is 80.1 cm³/mol. The Bertz CT molecular complexity index is 747. The zero-order valence-electron chi connectivity index (χ0n) is 11.6. The van der Waals surface area contributed by atoms with E-state index in [0.717, 1.165) is 5.69 Å². The molecule has 0 fully saturated rings. The smallest absolute Gasteiger partial charge is 0.0504 e. The summed E-state index contributed by atoms with van der Waals surface area (Å²) in [7, 11) is 2.07. The highest BCUT2D eigenvalue weighted by molar-refractivity contribution is 5.97. The summed E-state index contributed by atoms with van der Waals surface area (Å²) in [6.45, 7) is 4.81. The van der Waals surface area contributed by atoms with Gasteiger partial charge >= 0.3 is 0 Å². The number of nitrogens with two attached hydrogens (primary N) is 1. The van der Waals surface area contributed by atoms with E-state index in [2.05, 4.69) is 60.8 Å². The van der Waals surface area contributed by atoms with E-state index in [1.165, 1.54) is 33.4 Å².